The highest BCUT2D eigenvalue weighted by Crippen LogP contribution is 2.51. The molecular formula is C23H32O7. The summed E-state index contributed by atoms with van der Waals surface area (Å²) in [6.07, 6.45) is 10.4. The van der Waals surface area contributed by atoms with Crippen molar-refractivity contribution in [3.05, 3.63) is 36.0 Å². The molecule has 4 unspecified atom stereocenters. The standard InChI is InChI=1S/C14H22O3.C9H10O4/c1-4-16-13(15)14-6-5-11(8-14)7-12(14)17-9-10(2)3;1-9(8(12)13)4-2-3-6(5-9)7(10)11/h5-6,10-12H,4,7-9H2,1-3H3;2-4H,5H2,1H3,(H,10,11)(H,12,13). The van der Waals surface area contributed by atoms with Crippen molar-refractivity contribution >= 4 is 17.9 Å². The molecule has 0 heterocycles. The van der Waals surface area contributed by atoms with Crippen molar-refractivity contribution in [1.29, 1.82) is 0 Å². The van der Waals surface area contributed by atoms with Gasteiger partial charge in [-0.2, -0.15) is 0 Å². The predicted molar refractivity (Wildman–Crippen MR) is 111 cm³/mol. The molecule has 2 bridgehead atoms. The van der Waals surface area contributed by atoms with Crippen LogP contribution in [0.25, 0.3) is 0 Å². The topological polar surface area (TPSA) is 110 Å². The van der Waals surface area contributed by atoms with Gasteiger partial charge in [0.1, 0.15) is 5.41 Å². The Morgan fingerprint density at radius 1 is 1.23 bits per heavy atom. The van der Waals surface area contributed by atoms with E-state index in [0.717, 1.165) is 12.8 Å². The van der Waals surface area contributed by atoms with Crippen molar-refractivity contribution in [3.8, 4) is 0 Å². The normalized spacial score (nSPS) is 31.2. The maximum atomic E-state index is 12.1. The van der Waals surface area contributed by atoms with E-state index >= 15 is 0 Å². The molecule has 1 fully saturated rings. The molecular weight excluding hydrogens is 388 g/mol. The third-order valence-electron chi connectivity index (χ3n) is 5.73. The number of carboxylic acid groups (broad SMARTS) is 2. The van der Waals surface area contributed by atoms with Gasteiger partial charge in [0.2, 0.25) is 0 Å². The van der Waals surface area contributed by atoms with E-state index in [1.165, 1.54) is 25.2 Å². The van der Waals surface area contributed by atoms with Crippen molar-refractivity contribution in [2.24, 2.45) is 22.7 Å². The fraction of sp³-hybridized carbons (Fsp3) is 0.609. The van der Waals surface area contributed by atoms with Crippen molar-refractivity contribution < 1.29 is 34.1 Å². The number of allylic oxidation sites excluding steroid dienone is 3. The number of esters is 1. The van der Waals surface area contributed by atoms with Gasteiger partial charge in [0.05, 0.1) is 18.1 Å². The molecule has 0 amide bonds. The maximum absolute atomic E-state index is 12.1. The quantitative estimate of drug-likeness (QED) is 0.478. The van der Waals surface area contributed by atoms with E-state index in [4.69, 9.17) is 19.7 Å². The monoisotopic (exact) mass is 420 g/mol. The SMILES string of the molecule is CC1(C(=O)O)C=CC=C(C(=O)O)C1.CCOC(=O)C12C=CC(CC1OCC(C)C)C2. The summed E-state index contributed by atoms with van der Waals surface area (Å²) in [6, 6.07) is 0. The van der Waals surface area contributed by atoms with Crippen LogP contribution in [0, 0.1) is 22.7 Å². The third-order valence-corrected chi connectivity index (χ3v) is 5.73. The molecule has 0 aliphatic heterocycles. The summed E-state index contributed by atoms with van der Waals surface area (Å²) in [5.74, 6) is -1.17. The lowest BCUT2D eigenvalue weighted by Crippen LogP contribution is -2.40. The van der Waals surface area contributed by atoms with Crippen LogP contribution in [0.5, 0.6) is 0 Å². The van der Waals surface area contributed by atoms with Gasteiger partial charge in [-0.25, -0.2) is 4.79 Å². The smallest absolute Gasteiger partial charge is 0.331 e. The van der Waals surface area contributed by atoms with E-state index < -0.39 is 22.8 Å². The Morgan fingerprint density at radius 3 is 2.47 bits per heavy atom. The highest BCUT2D eigenvalue weighted by molar-refractivity contribution is 5.90. The van der Waals surface area contributed by atoms with Gasteiger partial charge in [-0.1, -0.05) is 44.2 Å². The Morgan fingerprint density at radius 2 is 1.93 bits per heavy atom. The number of aliphatic carboxylic acids is 2. The average Bonchev–Trinajstić information content (AvgIpc) is 3.26. The molecule has 1 saturated carbocycles. The van der Waals surface area contributed by atoms with E-state index in [2.05, 4.69) is 19.9 Å². The van der Waals surface area contributed by atoms with Crippen LogP contribution < -0.4 is 0 Å². The van der Waals surface area contributed by atoms with Crippen LogP contribution in [0.4, 0.5) is 0 Å². The van der Waals surface area contributed by atoms with E-state index in [-0.39, 0.29) is 24.1 Å². The fourth-order valence-corrected chi connectivity index (χ4v) is 4.02. The zero-order valence-electron chi connectivity index (χ0n) is 18.1. The number of carbonyl (C=O) groups is 3. The summed E-state index contributed by atoms with van der Waals surface area (Å²) < 4.78 is 11.1. The van der Waals surface area contributed by atoms with E-state index in [1.54, 1.807) is 0 Å². The van der Waals surface area contributed by atoms with Crippen LogP contribution in [-0.2, 0) is 23.9 Å². The van der Waals surface area contributed by atoms with Gasteiger partial charge in [0, 0.05) is 12.2 Å². The average molecular weight is 421 g/mol. The number of hydrogen-bond acceptors (Lipinski definition) is 5. The van der Waals surface area contributed by atoms with Gasteiger partial charge in [0.25, 0.3) is 0 Å². The maximum Gasteiger partial charge on any atom is 0.331 e. The fourth-order valence-electron chi connectivity index (χ4n) is 4.02. The molecule has 0 radical (unpaired) electrons. The molecule has 4 atom stereocenters. The van der Waals surface area contributed by atoms with E-state index in [9.17, 15) is 14.4 Å². The molecule has 3 aliphatic rings. The minimum atomic E-state index is -1.08. The second-order valence-electron chi connectivity index (χ2n) is 8.79. The Kier molecular flexibility index (Phi) is 7.64. The zero-order chi connectivity index (χ0) is 22.5. The molecule has 0 aromatic carbocycles. The van der Waals surface area contributed by atoms with Gasteiger partial charge >= 0.3 is 17.9 Å². The summed E-state index contributed by atoms with van der Waals surface area (Å²) in [5, 5.41) is 17.5. The van der Waals surface area contributed by atoms with Crippen LogP contribution in [0.3, 0.4) is 0 Å². The molecule has 166 valence electrons. The van der Waals surface area contributed by atoms with Crippen molar-refractivity contribution in [2.45, 2.75) is 53.1 Å². The van der Waals surface area contributed by atoms with Gasteiger partial charge in [-0.3, -0.25) is 9.59 Å². The summed E-state index contributed by atoms with van der Waals surface area (Å²) >= 11 is 0. The zero-order valence-corrected chi connectivity index (χ0v) is 18.1. The molecule has 7 nitrogen and oxygen atoms in total. The molecule has 30 heavy (non-hydrogen) atoms. The summed E-state index contributed by atoms with van der Waals surface area (Å²) in [5.41, 5.74) is -1.44. The minimum absolute atomic E-state index is 0.0129. The van der Waals surface area contributed by atoms with Crippen LogP contribution >= 0.6 is 0 Å². The molecule has 3 aliphatic carbocycles. The number of rotatable bonds is 7. The predicted octanol–water partition coefficient (Wildman–Crippen LogP) is 3.61. The first-order valence-electron chi connectivity index (χ1n) is 10.4. The first-order chi connectivity index (χ1) is 14.0. The Hall–Kier alpha value is -2.41. The second-order valence-corrected chi connectivity index (χ2v) is 8.79. The second kappa shape index (κ2) is 9.60. The van der Waals surface area contributed by atoms with Crippen LogP contribution in [-0.4, -0.2) is 47.4 Å². The number of hydrogen-bond donors (Lipinski definition) is 2. The lowest BCUT2D eigenvalue weighted by atomic mass is 9.80. The van der Waals surface area contributed by atoms with Crippen molar-refractivity contribution in [2.75, 3.05) is 13.2 Å². The molecule has 3 rings (SSSR count). The summed E-state index contributed by atoms with van der Waals surface area (Å²) in [4.78, 5) is 33.5. The van der Waals surface area contributed by atoms with Gasteiger partial charge in [-0.05, 0) is 44.9 Å². The minimum Gasteiger partial charge on any atom is -0.481 e. The number of ether oxygens (including phenoxy) is 2. The molecule has 0 aromatic heterocycles. The largest absolute Gasteiger partial charge is 0.481 e. The summed E-state index contributed by atoms with van der Waals surface area (Å²) in [7, 11) is 0. The lowest BCUT2D eigenvalue weighted by Gasteiger charge is -2.30. The van der Waals surface area contributed by atoms with E-state index in [0.29, 0.717) is 25.0 Å². The van der Waals surface area contributed by atoms with Gasteiger partial charge in [-0.15, -0.1) is 0 Å². The Balaban J connectivity index is 0.000000222. The van der Waals surface area contributed by atoms with Crippen LogP contribution in [0.2, 0.25) is 0 Å². The number of carbonyl (C=O) groups excluding carboxylic acids is 1. The van der Waals surface area contributed by atoms with Gasteiger partial charge in [0.15, 0.2) is 0 Å². The van der Waals surface area contributed by atoms with Crippen molar-refractivity contribution in [1.82, 2.24) is 0 Å². The summed E-state index contributed by atoms with van der Waals surface area (Å²) in [6.45, 7) is 8.76. The number of fused-ring (bicyclic) bond motifs is 2. The molecule has 0 aromatic rings. The number of carboxylic acids is 2. The lowest BCUT2D eigenvalue weighted by molar-refractivity contribution is -0.159. The molecule has 0 saturated heterocycles. The van der Waals surface area contributed by atoms with Gasteiger partial charge < -0.3 is 19.7 Å². The van der Waals surface area contributed by atoms with Crippen molar-refractivity contribution in [3.63, 3.8) is 0 Å². The molecule has 2 N–H and O–H groups in total. The molecule has 0 spiro atoms. The first-order valence-corrected chi connectivity index (χ1v) is 10.4. The Bertz CT molecular complexity index is 764. The van der Waals surface area contributed by atoms with Crippen LogP contribution in [0.1, 0.15) is 47.0 Å². The third kappa shape index (κ3) is 5.19. The molecule has 7 heteroatoms. The van der Waals surface area contributed by atoms with Crippen LogP contribution in [0.15, 0.2) is 36.0 Å². The van der Waals surface area contributed by atoms with E-state index in [1.807, 2.05) is 13.0 Å². The highest BCUT2D eigenvalue weighted by atomic mass is 16.5. The first kappa shape index (κ1) is 23.9. The Labute approximate surface area is 177 Å². The highest BCUT2D eigenvalue weighted by Gasteiger charge is 2.55.